The lowest BCUT2D eigenvalue weighted by Crippen LogP contribution is -2.56. The Labute approximate surface area is 482 Å². The van der Waals surface area contributed by atoms with Gasteiger partial charge < -0.3 is 53.1 Å². The van der Waals surface area contributed by atoms with E-state index in [-0.39, 0.29) is 89.4 Å². The Morgan fingerprint density at radius 3 is 2.28 bits per heavy atom. The molecule has 448 valence electrons. The molecule has 1 aliphatic carbocycles. The number of azide groups is 1. The molecule has 83 heavy (non-hydrogen) atoms. The summed E-state index contributed by atoms with van der Waals surface area (Å²) in [7, 11) is 1.46. The van der Waals surface area contributed by atoms with Gasteiger partial charge in [0.05, 0.1) is 52.2 Å². The first-order chi connectivity index (χ1) is 39.1. The first-order valence-electron chi connectivity index (χ1n) is 27.1. The maximum absolute atomic E-state index is 14.9. The van der Waals surface area contributed by atoms with Crippen LogP contribution in [-0.4, -0.2) is 130 Å². The molecule has 2 aromatic rings. The standard InChI is InChI=1S/C57H70N6O19S/c1-26-15-13-16-27(2)53(71)59-43-45(68)41-40(46(69)51(43)83-22-21-75-38(65)17-14-18-39(66)76-25-36-34(61-62-58)23-37(79-36)63-24-28(3)54(72)60-55(63)73)42-50(30(5)44(41)67)82-57(11,52(42)70)77-20-19-35(74-12)29(4)48(78-33(8)64)32(7)49-31(6)47(26)80-56(9,10)81-49/h13,15-16,19-20,24,26,29,31-32,34-37,47-49,67H,14,17-18,21-23,25H2,1-12H3,(H,59,71)(H,60,72,73)/b15-13+,20-19+,27-16-/t26-,29+,31+,32+,34+,35-,36-,37-,47-,48-,49+,57-/m0/s1. The highest BCUT2D eigenvalue weighted by Gasteiger charge is 2.53. The van der Waals surface area contributed by atoms with Crippen LogP contribution in [0.2, 0.25) is 0 Å². The van der Waals surface area contributed by atoms with Crippen molar-refractivity contribution in [3.63, 3.8) is 0 Å². The molecule has 2 saturated heterocycles. The fourth-order valence-corrected chi connectivity index (χ4v) is 11.8. The lowest BCUT2D eigenvalue weighted by molar-refractivity contribution is -0.336. The van der Waals surface area contributed by atoms with Crippen molar-refractivity contribution < 1.29 is 81.3 Å². The number of ketones is 3. The van der Waals surface area contributed by atoms with Crippen molar-refractivity contribution in [1.82, 2.24) is 14.9 Å². The normalized spacial score (nSPS) is 30.2. The SMILES string of the molecule is CO[C@H]1/C=C/O[C@@]2(C)Oc3c(C)c(O)c4c(c3C2=O)C(=O)C(SCCOC(=O)CCCC(=O)OC[C@@H]2O[C@H](n3cc(C)c(=O)[nH]c3=O)C[C@H]2N=[N+]=[N-])=C(NC(=O)/C(C)=C\C=C\[C@H](C)[C@@H]2OC(C)(C)O[C@@H]([C@H](C)[C@@H](OC(C)=O)[C@@H]1C)[C@@H]2C)C4=O. The van der Waals surface area contributed by atoms with Crippen LogP contribution in [0.15, 0.2) is 67.6 Å². The zero-order chi connectivity index (χ0) is 61.0. The quantitative estimate of drug-likeness (QED) is 0.0449. The lowest BCUT2D eigenvalue weighted by atomic mass is 9.77. The summed E-state index contributed by atoms with van der Waals surface area (Å²) in [5.74, 6) is -11.4. The molecule has 0 radical (unpaired) electrons. The number of allylic oxidation sites excluding steroid dienone is 4. The molecule has 1 amide bonds. The summed E-state index contributed by atoms with van der Waals surface area (Å²) in [5, 5.41) is 18.0. The molecule has 12 atom stereocenters. The van der Waals surface area contributed by atoms with Gasteiger partial charge in [-0.25, -0.2) is 4.79 Å². The second kappa shape index (κ2) is 26.1. The van der Waals surface area contributed by atoms with Crippen molar-refractivity contribution in [2.45, 2.75) is 156 Å². The summed E-state index contributed by atoms with van der Waals surface area (Å²) in [5.41, 5.74) is 6.17. The highest BCUT2D eigenvalue weighted by atomic mass is 32.2. The van der Waals surface area contributed by atoms with E-state index in [9.17, 15) is 48.3 Å². The molecule has 6 aliphatic rings. The molecule has 25 nitrogen and oxygen atoms in total. The van der Waals surface area contributed by atoms with E-state index in [4.69, 9.17) is 48.2 Å². The minimum Gasteiger partial charge on any atom is -0.507 e. The van der Waals surface area contributed by atoms with Crippen LogP contribution in [0.1, 0.15) is 136 Å². The van der Waals surface area contributed by atoms with Gasteiger partial charge in [-0.05, 0) is 52.6 Å². The molecular formula is C57H70N6O19S. The van der Waals surface area contributed by atoms with E-state index in [1.165, 1.54) is 66.3 Å². The summed E-state index contributed by atoms with van der Waals surface area (Å²) >= 11 is 0.742. The molecule has 5 aliphatic heterocycles. The predicted octanol–water partition coefficient (Wildman–Crippen LogP) is 6.57. The van der Waals surface area contributed by atoms with Gasteiger partial charge in [0.15, 0.2) is 5.79 Å². The average molecular weight is 1180 g/mol. The second-order valence-electron chi connectivity index (χ2n) is 21.8. The molecule has 8 rings (SSSR count). The van der Waals surface area contributed by atoms with Crippen LogP contribution in [0, 0.1) is 37.5 Å². The summed E-state index contributed by atoms with van der Waals surface area (Å²) in [4.78, 5) is 126. The molecule has 0 spiro atoms. The number of hydrogen-bond donors (Lipinski definition) is 3. The Morgan fingerprint density at radius 2 is 1.60 bits per heavy atom. The fourth-order valence-electron chi connectivity index (χ4n) is 10.9. The van der Waals surface area contributed by atoms with Gasteiger partial charge in [-0.1, -0.05) is 51.0 Å². The largest absolute Gasteiger partial charge is 0.507 e. The van der Waals surface area contributed by atoms with E-state index in [1.807, 2.05) is 33.8 Å². The Kier molecular flexibility index (Phi) is 19.9. The monoisotopic (exact) mass is 1170 g/mol. The number of aromatic nitrogens is 2. The van der Waals surface area contributed by atoms with E-state index in [0.717, 1.165) is 16.3 Å². The number of esters is 3. The molecule has 6 heterocycles. The summed E-state index contributed by atoms with van der Waals surface area (Å²) in [6.07, 6.45) is 4.25. The van der Waals surface area contributed by atoms with Crippen LogP contribution >= 0.6 is 11.8 Å². The van der Waals surface area contributed by atoms with Crippen molar-refractivity contribution in [1.29, 1.82) is 0 Å². The van der Waals surface area contributed by atoms with Crippen LogP contribution in [-0.2, 0) is 57.1 Å². The van der Waals surface area contributed by atoms with E-state index >= 15 is 0 Å². The predicted molar refractivity (Wildman–Crippen MR) is 296 cm³/mol. The number of aromatic hydroxyl groups is 1. The zero-order valence-electron chi connectivity index (χ0n) is 48.3. The van der Waals surface area contributed by atoms with Crippen molar-refractivity contribution in [2.24, 2.45) is 28.8 Å². The first kappa shape index (κ1) is 63.2. The number of ether oxygens (including phenoxy) is 9. The van der Waals surface area contributed by atoms with Gasteiger partial charge in [-0.2, -0.15) is 0 Å². The number of nitrogens with zero attached hydrogens (tertiary/aromatic N) is 4. The van der Waals surface area contributed by atoms with Crippen molar-refractivity contribution in [3.05, 3.63) is 112 Å². The number of carbonyl (C=O) groups excluding carboxylic acids is 7. The Morgan fingerprint density at radius 1 is 0.916 bits per heavy atom. The number of Topliss-reactive ketones (excluding diaryl/α,β-unsaturated/α-hetero) is 3. The number of hydrogen-bond acceptors (Lipinski definition) is 21. The van der Waals surface area contributed by atoms with E-state index < -0.39 is 141 Å². The van der Waals surface area contributed by atoms with Crippen molar-refractivity contribution >= 4 is 52.9 Å². The number of rotatable bonds is 14. The van der Waals surface area contributed by atoms with E-state index in [1.54, 1.807) is 19.9 Å². The zero-order valence-corrected chi connectivity index (χ0v) is 49.1. The van der Waals surface area contributed by atoms with Crippen molar-refractivity contribution in [3.8, 4) is 11.5 Å². The third-order valence-corrected chi connectivity index (χ3v) is 16.3. The molecular weight excluding hydrogens is 1100 g/mol. The number of nitrogens with one attached hydrogen (secondary N) is 2. The van der Waals surface area contributed by atoms with Gasteiger partial charge in [-0.3, -0.25) is 47.9 Å². The van der Waals surface area contributed by atoms with E-state index in [2.05, 4.69) is 20.3 Å². The minimum absolute atomic E-state index is 0.0115. The number of methoxy groups -OCH3 is 1. The van der Waals surface area contributed by atoms with Crippen LogP contribution < -0.4 is 21.3 Å². The molecule has 2 fully saturated rings. The Bertz CT molecular complexity index is 3250. The van der Waals surface area contributed by atoms with Crippen LogP contribution in [0.3, 0.4) is 0 Å². The number of H-pyrrole nitrogens is 1. The molecule has 0 saturated carbocycles. The Balaban J connectivity index is 1.10. The first-order valence-corrected chi connectivity index (χ1v) is 28.1. The highest BCUT2D eigenvalue weighted by molar-refractivity contribution is 8.04. The number of fused-ring (bicyclic) bond motifs is 10. The van der Waals surface area contributed by atoms with Gasteiger partial charge in [0, 0.05) is 97.5 Å². The third-order valence-electron chi connectivity index (χ3n) is 15.3. The molecule has 0 unspecified atom stereocenters. The topological polar surface area (TPSA) is 338 Å². The summed E-state index contributed by atoms with van der Waals surface area (Å²) in [6, 6.07) is -0.818. The van der Waals surface area contributed by atoms with Gasteiger partial charge in [-0.15, -0.1) is 11.8 Å². The molecule has 1 aromatic heterocycles. The minimum atomic E-state index is -2.17. The number of thioether (sulfide) groups is 1. The van der Waals surface area contributed by atoms with Crippen molar-refractivity contribution in [2.75, 3.05) is 26.1 Å². The van der Waals surface area contributed by atoms with Gasteiger partial charge in [0.2, 0.25) is 11.6 Å². The second-order valence-corrected chi connectivity index (χ2v) is 22.9. The number of phenols is 1. The lowest BCUT2D eigenvalue weighted by Gasteiger charge is -2.50. The number of aryl methyl sites for hydroxylation is 1. The highest BCUT2D eigenvalue weighted by Crippen LogP contribution is 2.50. The number of carbonyl (C=O) groups is 7. The van der Waals surface area contributed by atoms with E-state index in [0.29, 0.717) is 0 Å². The van der Waals surface area contributed by atoms with Gasteiger partial charge in [0.25, 0.3) is 17.2 Å². The summed E-state index contributed by atoms with van der Waals surface area (Å²) in [6.45, 7) is 17.6. The van der Waals surface area contributed by atoms with Gasteiger partial charge >= 0.3 is 29.4 Å². The maximum Gasteiger partial charge on any atom is 0.330 e. The average Bonchev–Trinajstić information content (AvgIpc) is 1.84. The number of benzene rings is 1. The van der Waals surface area contributed by atoms with Crippen LogP contribution in [0.4, 0.5) is 0 Å². The van der Waals surface area contributed by atoms with Crippen LogP contribution in [0.25, 0.3) is 10.4 Å². The van der Waals surface area contributed by atoms with Gasteiger partial charge in [0.1, 0.15) is 48.8 Å². The molecule has 26 heteroatoms. The maximum atomic E-state index is 14.9. The Hall–Kier alpha value is -7.35. The number of phenolic OH excluding ortho intramolecular Hbond substituents is 1. The van der Waals surface area contributed by atoms with Crippen LogP contribution in [0.5, 0.6) is 11.5 Å². The third kappa shape index (κ3) is 13.7. The molecule has 3 N–H and O–H groups in total. The molecule has 7 bridgehead atoms. The summed E-state index contributed by atoms with van der Waals surface area (Å²) < 4.78 is 54.9. The fraction of sp³-hybridized carbons (Fsp3) is 0.561. The number of aromatic amines is 1. The molecule has 1 aromatic carbocycles. The number of amides is 1. The smallest absolute Gasteiger partial charge is 0.330 e.